The van der Waals surface area contributed by atoms with Gasteiger partial charge in [0.2, 0.25) is 5.91 Å². The maximum Gasteiger partial charge on any atom is 0.252 e. The molecule has 0 radical (unpaired) electrons. The number of furan rings is 1. The second-order valence-corrected chi connectivity index (χ2v) is 11.7. The molecular formula is C24H19Cl5N2O3S. The van der Waals surface area contributed by atoms with E-state index >= 15 is 0 Å². The Morgan fingerprint density at radius 1 is 1.03 bits per heavy atom. The fraction of sp³-hybridized carbons (Fsp3) is 0.250. The summed E-state index contributed by atoms with van der Waals surface area (Å²) >= 11 is 32.9. The van der Waals surface area contributed by atoms with Crippen molar-refractivity contribution in [2.24, 2.45) is 5.92 Å². The molecule has 1 aliphatic carbocycles. The largest absolute Gasteiger partial charge is 0.468 e. The number of carbonyl (C=O) groups excluding carboxylic acids is 2. The number of amides is 2. The van der Waals surface area contributed by atoms with E-state index in [1.807, 2.05) is 12.1 Å². The molecule has 3 aromatic rings. The van der Waals surface area contributed by atoms with Crippen molar-refractivity contribution in [3.8, 4) is 0 Å². The molecule has 0 saturated heterocycles. The number of anilines is 1. The number of hydrogen-bond acceptors (Lipinski definition) is 4. The lowest BCUT2D eigenvalue weighted by molar-refractivity contribution is -0.117. The smallest absolute Gasteiger partial charge is 0.252 e. The normalized spacial score (nSPS) is 18.2. The summed E-state index contributed by atoms with van der Waals surface area (Å²) in [6.07, 6.45) is 1.63. The molecule has 4 rings (SSSR count). The zero-order valence-electron chi connectivity index (χ0n) is 18.0. The number of hydrogen-bond donors (Lipinski definition) is 2. The van der Waals surface area contributed by atoms with Crippen LogP contribution in [0, 0.1) is 5.92 Å². The summed E-state index contributed by atoms with van der Waals surface area (Å²) in [5.74, 6) is 0.366. The van der Waals surface area contributed by atoms with Gasteiger partial charge in [-0.1, -0.05) is 34.8 Å². The summed E-state index contributed by atoms with van der Waals surface area (Å²) in [5.41, 5.74) is 1.32. The first-order chi connectivity index (χ1) is 16.7. The number of carbonyl (C=O) groups is 2. The Hall–Kier alpha value is -1.54. The highest BCUT2D eigenvalue weighted by Gasteiger charge is 2.67. The maximum atomic E-state index is 13.0. The van der Waals surface area contributed by atoms with Crippen LogP contribution >= 0.6 is 69.8 Å². The Bertz CT molecular complexity index is 1220. The predicted octanol–water partition coefficient (Wildman–Crippen LogP) is 7.43. The first kappa shape index (κ1) is 26.5. The molecule has 184 valence electrons. The van der Waals surface area contributed by atoms with Crippen molar-refractivity contribution in [1.29, 1.82) is 0 Å². The molecule has 0 bridgehead atoms. The number of halogens is 5. The molecule has 0 spiro atoms. The Morgan fingerprint density at radius 3 is 2.46 bits per heavy atom. The van der Waals surface area contributed by atoms with Gasteiger partial charge in [-0.05, 0) is 54.1 Å². The molecular weight excluding hydrogens is 574 g/mol. The number of alkyl halides is 2. The Morgan fingerprint density at radius 2 is 1.77 bits per heavy atom. The molecule has 2 atom stereocenters. The molecule has 1 saturated carbocycles. The summed E-state index contributed by atoms with van der Waals surface area (Å²) in [6.45, 7) is 0.449. The molecule has 1 fully saturated rings. The average Bonchev–Trinajstić information content (AvgIpc) is 3.09. The van der Waals surface area contributed by atoms with Crippen molar-refractivity contribution < 1.29 is 14.0 Å². The highest BCUT2D eigenvalue weighted by molar-refractivity contribution is 7.98. The van der Waals surface area contributed by atoms with Crippen LogP contribution in [-0.4, -0.2) is 28.4 Å². The highest BCUT2D eigenvalue weighted by atomic mass is 35.5. The summed E-state index contributed by atoms with van der Waals surface area (Å²) in [7, 11) is 0. The van der Waals surface area contributed by atoms with E-state index in [0.717, 1.165) is 11.5 Å². The van der Waals surface area contributed by atoms with Crippen molar-refractivity contribution in [3.05, 3.63) is 86.7 Å². The minimum Gasteiger partial charge on any atom is -0.468 e. The van der Waals surface area contributed by atoms with Crippen LogP contribution in [0.25, 0.3) is 0 Å². The van der Waals surface area contributed by atoms with Gasteiger partial charge >= 0.3 is 0 Å². The monoisotopic (exact) mass is 590 g/mol. The van der Waals surface area contributed by atoms with E-state index in [1.165, 1.54) is 6.07 Å². The fourth-order valence-corrected chi connectivity index (χ4v) is 6.05. The standard InChI is InChI=1S/C24H19Cl5N2O3S/c25-14-8-13(9-15(26)10-14)20-21(24(20,28)29)23(33)31-16-3-4-19(27)18(11-16)22(32)30-5-7-35-12-17-2-1-6-34-17/h1-4,6,8-11,20-21H,5,7,12H2,(H,30,32)(H,31,33). The topological polar surface area (TPSA) is 71.3 Å². The summed E-state index contributed by atoms with van der Waals surface area (Å²) in [4.78, 5) is 25.6. The second kappa shape index (κ2) is 11.2. The van der Waals surface area contributed by atoms with Gasteiger partial charge in [0.1, 0.15) is 10.1 Å². The first-order valence-corrected chi connectivity index (χ1v) is 13.5. The molecule has 11 heteroatoms. The number of nitrogens with one attached hydrogen (secondary N) is 2. The van der Waals surface area contributed by atoms with Gasteiger partial charge < -0.3 is 15.1 Å². The van der Waals surface area contributed by atoms with Crippen LogP contribution in [-0.2, 0) is 10.5 Å². The van der Waals surface area contributed by atoms with Crippen LogP contribution in [0.3, 0.4) is 0 Å². The summed E-state index contributed by atoms with van der Waals surface area (Å²) < 4.78 is 3.97. The maximum absolute atomic E-state index is 13.0. The van der Waals surface area contributed by atoms with Crippen molar-refractivity contribution in [2.45, 2.75) is 16.0 Å². The van der Waals surface area contributed by atoms with Gasteiger partial charge in [-0.2, -0.15) is 11.8 Å². The SMILES string of the molecule is O=C(NCCSCc1ccco1)c1cc(NC(=O)C2C(c3cc(Cl)cc(Cl)c3)C2(Cl)Cl)ccc1Cl. The Labute approximate surface area is 231 Å². The number of benzene rings is 2. The van der Waals surface area contributed by atoms with E-state index < -0.39 is 16.2 Å². The lowest BCUT2D eigenvalue weighted by Crippen LogP contribution is -2.26. The molecule has 2 aromatic carbocycles. The molecule has 2 amide bonds. The van der Waals surface area contributed by atoms with Crippen LogP contribution < -0.4 is 10.6 Å². The number of thioether (sulfide) groups is 1. The third-order valence-corrected chi connectivity index (χ3v) is 8.10. The second-order valence-electron chi connectivity index (χ2n) is 7.90. The van der Waals surface area contributed by atoms with E-state index in [4.69, 9.17) is 62.4 Å². The molecule has 35 heavy (non-hydrogen) atoms. The third kappa shape index (κ3) is 6.43. The molecule has 1 aromatic heterocycles. The van der Waals surface area contributed by atoms with E-state index in [1.54, 1.807) is 48.4 Å². The van der Waals surface area contributed by atoms with Gasteiger partial charge in [-0.25, -0.2) is 0 Å². The van der Waals surface area contributed by atoms with Gasteiger partial charge in [0, 0.05) is 33.9 Å². The highest BCUT2D eigenvalue weighted by Crippen LogP contribution is 2.65. The molecule has 0 aliphatic heterocycles. The summed E-state index contributed by atoms with van der Waals surface area (Å²) in [5, 5.41) is 6.73. The molecule has 1 heterocycles. The van der Waals surface area contributed by atoms with E-state index in [2.05, 4.69) is 10.6 Å². The van der Waals surface area contributed by atoms with Gasteiger partial charge in [0.25, 0.3) is 5.91 Å². The van der Waals surface area contributed by atoms with Crippen LogP contribution in [0.15, 0.2) is 59.2 Å². The van der Waals surface area contributed by atoms with E-state index in [0.29, 0.717) is 33.6 Å². The number of rotatable bonds is 9. The lowest BCUT2D eigenvalue weighted by atomic mass is 10.1. The molecule has 2 N–H and O–H groups in total. The fourth-order valence-electron chi connectivity index (χ4n) is 3.72. The van der Waals surface area contributed by atoms with Gasteiger partial charge in [-0.15, -0.1) is 23.2 Å². The van der Waals surface area contributed by atoms with Crippen LogP contribution in [0.5, 0.6) is 0 Å². The van der Waals surface area contributed by atoms with Crippen molar-refractivity contribution in [2.75, 3.05) is 17.6 Å². The van der Waals surface area contributed by atoms with Crippen molar-refractivity contribution in [3.63, 3.8) is 0 Å². The first-order valence-electron chi connectivity index (χ1n) is 10.5. The van der Waals surface area contributed by atoms with Crippen molar-refractivity contribution in [1.82, 2.24) is 5.32 Å². The third-order valence-electron chi connectivity index (χ3n) is 5.41. The van der Waals surface area contributed by atoms with E-state index in [-0.39, 0.29) is 22.4 Å². The van der Waals surface area contributed by atoms with Gasteiger partial charge in [0.15, 0.2) is 0 Å². The summed E-state index contributed by atoms with van der Waals surface area (Å²) in [6, 6.07) is 13.4. The minimum absolute atomic E-state index is 0.248. The Balaban J connectivity index is 1.35. The Kier molecular flexibility index (Phi) is 8.52. The molecule has 2 unspecified atom stereocenters. The average molecular weight is 593 g/mol. The molecule has 1 aliphatic rings. The predicted molar refractivity (Wildman–Crippen MR) is 144 cm³/mol. The van der Waals surface area contributed by atoms with Crippen LogP contribution in [0.2, 0.25) is 15.1 Å². The van der Waals surface area contributed by atoms with Crippen LogP contribution in [0.1, 0.15) is 27.6 Å². The zero-order valence-corrected chi connectivity index (χ0v) is 22.6. The lowest BCUT2D eigenvalue weighted by Gasteiger charge is -2.10. The minimum atomic E-state index is -1.31. The van der Waals surface area contributed by atoms with Gasteiger partial charge in [0.05, 0.1) is 28.5 Å². The van der Waals surface area contributed by atoms with Crippen molar-refractivity contribution >= 4 is 87.3 Å². The van der Waals surface area contributed by atoms with Crippen LogP contribution in [0.4, 0.5) is 5.69 Å². The van der Waals surface area contributed by atoms with Gasteiger partial charge in [-0.3, -0.25) is 9.59 Å². The molecule has 5 nitrogen and oxygen atoms in total. The quantitative estimate of drug-likeness (QED) is 0.200. The zero-order chi connectivity index (χ0) is 25.2. The van der Waals surface area contributed by atoms with E-state index in [9.17, 15) is 9.59 Å².